The number of hydrogen-bond acceptors (Lipinski definition) is 4. The normalized spacial score (nSPS) is 20.2. The van der Waals surface area contributed by atoms with E-state index in [2.05, 4.69) is 0 Å². The first kappa shape index (κ1) is 16.5. The Morgan fingerprint density at radius 3 is 2.18 bits per heavy atom. The summed E-state index contributed by atoms with van der Waals surface area (Å²) in [5.74, 6) is -1.25. The highest BCUT2D eigenvalue weighted by Gasteiger charge is 2.41. The molecule has 22 heavy (non-hydrogen) atoms. The van der Waals surface area contributed by atoms with Gasteiger partial charge in [0.2, 0.25) is 15.9 Å². The Morgan fingerprint density at radius 2 is 1.77 bits per heavy atom. The van der Waals surface area contributed by atoms with E-state index in [4.69, 9.17) is 0 Å². The first-order valence-electron chi connectivity index (χ1n) is 7.28. The topological polar surface area (TPSA) is 74.8 Å². The molecule has 0 saturated carbocycles. The molecule has 0 aliphatic carbocycles. The molecule has 1 aliphatic heterocycles. The third-order valence-corrected chi connectivity index (χ3v) is 5.63. The van der Waals surface area contributed by atoms with Gasteiger partial charge in [0.05, 0.1) is 17.4 Å². The van der Waals surface area contributed by atoms with Gasteiger partial charge in [0.1, 0.15) is 0 Å². The van der Waals surface area contributed by atoms with E-state index >= 15 is 0 Å². The molecule has 120 valence electrons. The van der Waals surface area contributed by atoms with Gasteiger partial charge in [-0.25, -0.2) is 12.7 Å². The van der Waals surface area contributed by atoms with E-state index in [0.29, 0.717) is 18.7 Å². The highest BCUT2D eigenvalue weighted by molar-refractivity contribution is 7.94. The van der Waals surface area contributed by atoms with E-state index in [1.165, 1.54) is 12.1 Å². The second-order valence-corrected chi connectivity index (χ2v) is 7.17. The summed E-state index contributed by atoms with van der Waals surface area (Å²) >= 11 is 0. The zero-order valence-electron chi connectivity index (χ0n) is 12.9. The van der Waals surface area contributed by atoms with Gasteiger partial charge >= 0.3 is 0 Å². The molecule has 1 atom stereocenters. The first-order chi connectivity index (χ1) is 10.3. The van der Waals surface area contributed by atoms with Crippen LogP contribution in [-0.4, -0.2) is 44.0 Å². The Morgan fingerprint density at radius 1 is 1.23 bits per heavy atom. The van der Waals surface area contributed by atoms with Gasteiger partial charge in [-0.2, -0.15) is 0 Å². The second-order valence-electron chi connectivity index (χ2n) is 5.31. The molecule has 1 aromatic carbocycles. The summed E-state index contributed by atoms with van der Waals surface area (Å²) in [7, 11) is -3.61. The molecule has 1 heterocycles. The summed E-state index contributed by atoms with van der Waals surface area (Å²) in [6, 6.07) is 6.12. The number of nitrogens with zero attached hydrogens (tertiary/aromatic N) is 2. The minimum Gasteiger partial charge on any atom is -0.339 e. The van der Waals surface area contributed by atoms with Gasteiger partial charge in [0.25, 0.3) is 5.91 Å². The van der Waals surface area contributed by atoms with Crippen LogP contribution in [-0.2, 0) is 14.8 Å². The summed E-state index contributed by atoms with van der Waals surface area (Å²) in [5, 5.41) is 0. The summed E-state index contributed by atoms with van der Waals surface area (Å²) < 4.78 is 24.9. The van der Waals surface area contributed by atoms with Crippen molar-refractivity contribution in [3.8, 4) is 0 Å². The fourth-order valence-electron chi connectivity index (χ4n) is 2.52. The Balaban J connectivity index is 2.30. The lowest BCUT2D eigenvalue weighted by atomic mass is 10.1. The molecule has 0 aromatic heterocycles. The van der Waals surface area contributed by atoms with E-state index in [9.17, 15) is 18.0 Å². The summed E-state index contributed by atoms with van der Waals surface area (Å²) in [6.45, 7) is 6.60. The average Bonchev–Trinajstić information content (AvgIpc) is 2.68. The average molecular weight is 324 g/mol. The number of benzene rings is 1. The molecule has 6 nitrogen and oxygen atoms in total. The Bertz CT molecular complexity index is 678. The number of sulfonamides is 1. The molecule has 1 saturated heterocycles. The molecule has 1 aromatic rings. The molecule has 7 heteroatoms. The van der Waals surface area contributed by atoms with E-state index in [-0.39, 0.29) is 17.3 Å². The molecule has 0 spiro atoms. The lowest BCUT2D eigenvalue weighted by Gasteiger charge is -2.19. The third-order valence-electron chi connectivity index (χ3n) is 3.76. The molecule has 0 radical (unpaired) electrons. The SMILES string of the molecule is CCN(CC)C(=O)c1ccc(N2C(=O)[C@H](C)CS2(=O)=O)cc1. The van der Waals surface area contributed by atoms with Crippen molar-refractivity contribution in [2.75, 3.05) is 23.1 Å². The fraction of sp³-hybridized carbons (Fsp3) is 0.467. The van der Waals surface area contributed by atoms with Crippen LogP contribution in [0.2, 0.25) is 0 Å². The molecule has 0 N–H and O–H groups in total. The van der Waals surface area contributed by atoms with Crippen LogP contribution in [0.3, 0.4) is 0 Å². The van der Waals surface area contributed by atoms with Crippen LogP contribution in [0.5, 0.6) is 0 Å². The monoisotopic (exact) mass is 324 g/mol. The highest BCUT2D eigenvalue weighted by atomic mass is 32.2. The third kappa shape index (κ3) is 2.85. The molecule has 1 aliphatic rings. The molecule has 1 fully saturated rings. The van der Waals surface area contributed by atoms with Crippen LogP contribution in [0.4, 0.5) is 5.69 Å². The van der Waals surface area contributed by atoms with Gasteiger partial charge in [-0.3, -0.25) is 9.59 Å². The van der Waals surface area contributed by atoms with Crippen LogP contribution < -0.4 is 4.31 Å². The van der Waals surface area contributed by atoms with Crippen molar-refractivity contribution in [2.45, 2.75) is 20.8 Å². The number of hydrogen-bond donors (Lipinski definition) is 0. The van der Waals surface area contributed by atoms with Gasteiger partial charge in [0, 0.05) is 18.7 Å². The van der Waals surface area contributed by atoms with E-state index in [1.807, 2.05) is 13.8 Å². The van der Waals surface area contributed by atoms with E-state index in [0.717, 1.165) is 4.31 Å². The summed E-state index contributed by atoms with van der Waals surface area (Å²) in [5.41, 5.74) is 0.759. The maximum atomic E-state index is 12.2. The van der Waals surface area contributed by atoms with Crippen molar-refractivity contribution in [3.63, 3.8) is 0 Å². The molecular weight excluding hydrogens is 304 g/mol. The molecular formula is C15H20N2O4S. The summed E-state index contributed by atoms with van der Waals surface area (Å²) in [4.78, 5) is 25.9. The fourth-order valence-corrected chi connectivity index (χ4v) is 4.34. The van der Waals surface area contributed by atoms with Crippen LogP contribution in [0, 0.1) is 5.92 Å². The predicted molar refractivity (Wildman–Crippen MR) is 84.1 cm³/mol. The molecule has 2 rings (SSSR count). The smallest absolute Gasteiger partial charge is 0.253 e. The zero-order chi connectivity index (χ0) is 16.5. The van der Waals surface area contributed by atoms with Crippen LogP contribution in [0.25, 0.3) is 0 Å². The van der Waals surface area contributed by atoms with E-state index < -0.39 is 21.8 Å². The second kappa shape index (κ2) is 6.08. The standard InChI is InChI=1S/C15H20N2O4S/c1-4-16(5-2)15(19)12-6-8-13(9-7-12)17-14(18)11(3)10-22(17,20)21/h6-9,11H,4-5,10H2,1-3H3/t11-/m1/s1. The lowest BCUT2D eigenvalue weighted by molar-refractivity contribution is -0.119. The number of anilines is 1. The summed E-state index contributed by atoms with van der Waals surface area (Å²) in [6.07, 6.45) is 0. The number of amides is 2. The van der Waals surface area contributed by atoms with Crippen molar-refractivity contribution in [1.29, 1.82) is 0 Å². The van der Waals surface area contributed by atoms with Crippen LogP contribution >= 0.6 is 0 Å². The van der Waals surface area contributed by atoms with Gasteiger partial charge in [-0.1, -0.05) is 6.92 Å². The maximum absolute atomic E-state index is 12.2. The van der Waals surface area contributed by atoms with Crippen molar-refractivity contribution in [3.05, 3.63) is 29.8 Å². The van der Waals surface area contributed by atoms with Crippen molar-refractivity contribution in [2.24, 2.45) is 5.92 Å². The lowest BCUT2D eigenvalue weighted by Crippen LogP contribution is -2.31. The number of carbonyl (C=O) groups is 2. The van der Waals surface area contributed by atoms with Crippen LogP contribution in [0.15, 0.2) is 24.3 Å². The van der Waals surface area contributed by atoms with E-state index in [1.54, 1.807) is 24.0 Å². The highest BCUT2D eigenvalue weighted by Crippen LogP contribution is 2.28. The van der Waals surface area contributed by atoms with Gasteiger partial charge in [-0.05, 0) is 38.1 Å². The predicted octanol–water partition coefficient (Wildman–Crippen LogP) is 1.48. The number of carbonyl (C=O) groups excluding carboxylic acids is 2. The molecule has 0 unspecified atom stereocenters. The van der Waals surface area contributed by atoms with Crippen LogP contribution in [0.1, 0.15) is 31.1 Å². The maximum Gasteiger partial charge on any atom is 0.253 e. The Hall–Kier alpha value is -1.89. The Kier molecular flexibility index (Phi) is 4.55. The molecule has 2 amide bonds. The Labute approximate surface area is 130 Å². The first-order valence-corrected chi connectivity index (χ1v) is 8.89. The van der Waals surface area contributed by atoms with Gasteiger partial charge in [-0.15, -0.1) is 0 Å². The molecule has 0 bridgehead atoms. The van der Waals surface area contributed by atoms with Gasteiger partial charge in [0.15, 0.2) is 0 Å². The zero-order valence-corrected chi connectivity index (χ0v) is 13.8. The van der Waals surface area contributed by atoms with Crippen molar-refractivity contribution < 1.29 is 18.0 Å². The minimum absolute atomic E-state index is 0.111. The number of rotatable bonds is 4. The quantitative estimate of drug-likeness (QED) is 0.841. The van der Waals surface area contributed by atoms with Gasteiger partial charge < -0.3 is 4.90 Å². The largest absolute Gasteiger partial charge is 0.339 e. The van der Waals surface area contributed by atoms with Crippen molar-refractivity contribution in [1.82, 2.24) is 4.90 Å². The minimum atomic E-state index is -3.61. The van der Waals surface area contributed by atoms with Crippen molar-refractivity contribution >= 4 is 27.5 Å².